The number of carbonyl (C=O) groups is 1. The molecule has 29 heavy (non-hydrogen) atoms. The van der Waals surface area contributed by atoms with E-state index in [0.29, 0.717) is 18.0 Å². The molecule has 8 heteroatoms. The third-order valence-corrected chi connectivity index (χ3v) is 5.71. The van der Waals surface area contributed by atoms with Gasteiger partial charge in [0.2, 0.25) is 15.9 Å². The summed E-state index contributed by atoms with van der Waals surface area (Å²) in [5.74, 6) is 0.952. The first kappa shape index (κ1) is 22.5. The Morgan fingerprint density at radius 2 is 1.69 bits per heavy atom. The van der Waals surface area contributed by atoms with Gasteiger partial charge in [0, 0.05) is 12.6 Å². The molecule has 2 aromatic carbocycles. The van der Waals surface area contributed by atoms with E-state index in [-0.39, 0.29) is 5.91 Å². The Balaban J connectivity index is 1.99. The minimum Gasteiger partial charge on any atom is -0.497 e. The van der Waals surface area contributed by atoms with Gasteiger partial charge < -0.3 is 14.8 Å². The van der Waals surface area contributed by atoms with Crippen LogP contribution in [-0.2, 0) is 21.2 Å². The predicted octanol–water partition coefficient (Wildman–Crippen LogP) is 2.61. The van der Waals surface area contributed by atoms with Crippen molar-refractivity contribution >= 4 is 21.6 Å². The van der Waals surface area contributed by atoms with E-state index in [1.807, 2.05) is 24.3 Å². The topological polar surface area (TPSA) is 84.9 Å². The van der Waals surface area contributed by atoms with Crippen LogP contribution in [0.3, 0.4) is 0 Å². The molecule has 0 radical (unpaired) electrons. The number of rotatable bonds is 10. The van der Waals surface area contributed by atoms with Crippen molar-refractivity contribution in [1.29, 1.82) is 0 Å². The van der Waals surface area contributed by atoms with E-state index in [2.05, 4.69) is 5.32 Å². The smallest absolute Gasteiger partial charge is 0.243 e. The van der Waals surface area contributed by atoms with E-state index in [4.69, 9.17) is 9.47 Å². The molecular weight excluding hydrogens is 392 g/mol. The predicted molar refractivity (Wildman–Crippen MR) is 114 cm³/mol. The van der Waals surface area contributed by atoms with Crippen LogP contribution in [0.5, 0.6) is 11.5 Å². The average molecular weight is 421 g/mol. The largest absolute Gasteiger partial charge is 0.497 e. The van der Waals surface area contributed by atoms with Crippen molar-refractivity contribution in [3.05, 3.63) is 54.1 Å². The van der Waals surface area contributed by atoms with Crippen LogP contribution in [0.1, 0.15) is 18.9 Å². The van der Waals surface area contributed by atoms with Crippen LogP contribution < -0.4 is 19.1 Å². The summed E-state index contributed by atoms with van der Waals surface area (Å²) >= 11 is 0. The first-order valence-corrected chi connectivity index (χ1v) is 11.1. The molecule has 2 rings (SSSR count). The highest BCUT2D eigenvalue weighted by Crippen LogP contribution is 2.25. The van der Waals surface area contributed by atoms with Gasteiger partial charge in [-0.05, 0) is 49.6 Å². The third-order valence-electron chi connectivity index (χ3n) is 4.47. The standard InChI is InChI=1S/C21H28N2O5S/c1-16(23(29(4,25)26)18-10-6-12-20(15-18)28-3)21(24)22-13-7-9-17-8-5-11-19(14-17)27-2/h5-6,8,10-12,14-16H,7,9,13H2,1-4H3,(H,22,24)/t16-/m1/s1. The highest BCUT2D eigenvalue weighted by molar-refractivity contribution is 7.92. The average Bonchev–Trinajstić information content (AvgIpc) is 2.70. The minimum absolute atomic E-state index is 0.358. The molecule has 0 saturated carbocycles. The molecule has 158 valence electrons. The van der Waals surface area contributed by atoms with Crippen molar-refractivity contribution < 1.29 is 22.7 Å². The van der Waals surface area contributed by atoms with Gasteiger partial charge in [0.25, 0.3) is 0 Å². The molecule has 7 nitrogen and oxygen atoms in total. The summed E-state index contributed by atoms with van der Waals surface area (Å²) < 4.78 is 36.2. The molecule has 0 bridgehead atoms. The Labute approximate surface area is 172 Å². The number of hydrogen-bond donors (Lipinski definition) is 1. The van der Waals surface area contributed by atoms with E-state index >= 15 is 0 Å². The fraction of sp³-hybridized carbons (Fsp3) is 0.381. The van der Waals surface area contributed by atoms with Gasteiger partial charge in [0.05, 0.1) is 26.2 Å². The van der Waals surface area contributed by atoms with Gasteiger partial charge in [0.1, 0.15) is 17.5 Å². The van der Waals surface area contributed by atoms with Gasteiger partial charge in [-0.1, -0.05) is 18.2 Å². The van der Waals surface area contributed by atoms with E-state index in [1.54, 1.807) is 38.3 Å². The molecule has 0 aliphatic rings. The summed E-state index contributed by atoms with van der Waals surface area (Å²) in [6.45, 7) is 2.01. The van der Waals surface area contributed by atoms with Crippen molar-refractivity contribution in [2.24, 2.45) is 0 Å². The molecule has 0 heterocycles. The number of methoxy groups -OCH3 is 2. The van der Waals surface area contributed by atoms with Crippen LogP contribution in [0.4, 0.5) is 5.69 Å². The van der Waals surface area contributed by atoms with Crippen LogP contribution in [0.2, 0.25) is 0 Å². The van der Waals surface area contributed by atoms with E-state index in [9.17, 15) is 13.2 Å². The van der Waals surface area contributed by atoms with Crippen LogP contribution in [0, 0.1) is 0 Å². The molecule has 1 amide bonds. The summed E-state index contributed by atoms with van der Waals surface area (Å²) in [6, 6.07) is 13.5. The summed E-state index contributed by atoms with van der Waals surface area (Å²) in [6.07, 6.45) is 2.58. The fourth-order valence-electron chi connectivity index (χ4n) is 3.04. The summed E-state index contributed by atoms with van der Waals surface area (Å²) in [5, 5.41) is 2.82. The molecule has 1 atom stereocenters. The molecule has 0 aromatic heterocycles. The van der Waals surface area contributed by atoms with Crippen molar-refractivity contribution in [2.75, 3.05) is 31.3 Å². The number of aryl methyl sites for hydroxylation is 1. The fourth-order valence-corrected chi connectivity index (χ4v) is 4.20. The van der Waals surface area contributed by atoms with Gasteiger partial charge >= 0.3 is 0 Å². The first-order valence-electron chi connectivity index (χ1n) is 9.30. The molecule has 0 aliphatic carbocycles. The summed E-state index contributed by atoms with van der Waals surface area (Å²) in [7, 11) is -0.541. The maximum atomic E-state index is 12.6. The monoisotopic (exact) mass is 420 g/mol. The Kier molecular flexibility index (Phi) is 7.90. The number of carbonyl (C=O) groups excluding carboxylic acids is 1. The number of nitrogens with one attached hydrogen (secondary N) is 1. The zero-order valence-electron chi connectivity index (χ0n) is 17.2. The van der Waals surface area contributed by atoms with Gasteiger partial charge in [-0.2, -0.15) is 0 Å². The Bertz CT molecular complexity index is 930. The Hall–Kier alpha value is -2.74. The van der Waals surface area contributed by atoms with Gasteiger partial charge in [-0.3, -0.25) is 9.10 Å². The lowest BCUT2D eigenvalue weighted by atomic mass is 10.1. The zero-order chi connectivity index (χ0) is 21.4. The van der Waals surface area contributed by atoms with Crippen molar-refractivity contribution in [2.45, 2.75) is 25.8 Å². The zero-order valence-corrected chi connectivity index (χ0v) is 18.0. The molecule has 0 aliphatic heterocycles. The quantitative estimate of drug-likeness (QED) is 0.597. The molecule has 0 fully saturated rings. The number of nitrogens with zero attached hydrogens (tertiary/aromatic N) is 1. The maximum Gasteiger partial charge on any atom is 0.243 e. The normalized spacial score (nSPS) is 12.1. The highest BCUT2D eigenvalue weighted by Gasteiger charge is 2.29. The number of sulfonamides is 1. The number of ether oxygens (including phenoxy) is 2. The van der Waals surface area contributed by atoms with Gasteiger partial charge in [-0.15, -0.1) is 0 Å². The minimum atomic E-state index is -3.67. The lowest BCUT2D eigenvalue weighted by Crippen LogP contribution is -2.48. The van der Waals surface area contributed by atoms with Crippen LogP contribution in [0.25, 0.3) is 0 Å². The maximum absolute atomic E-state index is 12.6. The van der Waals surface area contributed by atoms with Crippen molar-refractivity contribution in [1.82, 2.24) is 5.32 Å². The second-order valence-corrected chi connectivity index (χ2v) is 8.54. The molecule has 0 saturated heterocycles. The lowest BCUT2D eigenvalue weighted by Gasteiger charge is -2.28. The van der Waals surface area contributed by atoms with E-state index in [1.165, 1.54) is 7.11 Å². The highest BCUT2D eigenvalue weighted by atomic mass is 32.2. The summed E-state index contributed by atoms with van der Waals surface area (Å²) in [4.78, 5) is 12.6. The van der Waals surface area contributed by atoms with E-state index < -0.39 is 16.1 Å². The van der Waals surface area contributed by atoms with Crippen LogP contribution in [-0.4, -0.2) is 47.4 Å². The van der Waals surface area contributed by atoms with Crippen LogP contribution >= 0.6 is 0 Å². The van der Waals surface area contributed by atoms with Gasteiger partial charge in [-0.25, -0.2) is 8.42 Å². The number of hydrogen-bond acceptors (Lipinski definition) is 5. The molecule has 2 aromatic rings. The second kappa shape index (κ2) is 10.2. The number of amides is 1. The van der Waals surface area contributed by atoms with Gasteiger partial charge in [0.15, 0.2) is 0 Å². The van der Waals surface area contributed by atoms with Crippen molar-refractivity contribution in [3.63, 3.8) is 0 Å². The molecule has 0 unspecified atom stereocenters. The Morgan fingerprint density at radius 3 is 2.31 bits per heavy atom. The SMILES string of the molecule is COc1cccc(CCCNC(=O)[C@@H](C)N(c2cccc(OC)c2)S(C)(=O)=O)c1. The number of benzene rings is 2. The summed E-state index contributed by atoms with van der Waals surface area (Å²) in [5.41, 5.74) is 1.49. The number of anilines is 1. The first-order chi connectivity index (χ1) is 13.8. The van der Waals surface area contributed by atoms with Crippen LogP contribution in [0.15, 0.2) is 48.5 Å². The molecule has 0 spiro atoms. The molecule has 1 N–H and O–H groups in total. The molecular formula is C21H28N2O5S. The van der Waals surface area contributed by atoms with Crippen molar-refractivity contribution in [3.8, 4) is 11.5 Å². The third kappa shape index (κ3) is 6.39. The Morgan fingerprint density at radius 1 is 1.07 bits per heavy atom. The second-order valence-electron chi connectivity index (χ2n) is 6.68. The lowest BCUT2D eigenvalue weighted by molar-refractivity contribution is -0.121. The van der Waals surface area contributed by atoms with E-state index in [0.717, 1.165) is 34.7 Å².